The number of fused-ring (bicyclic) bond motifs is 3. The van der Waals surface area contributed by atoms with Crippen LogP contribution in [0.25, 0.3) is 0 Å². The van der Waals surface area contributed by atoms with E-state index in [1.54, 1.807) is 0 Å². The summed E-state index contributed by atoms with van der Waals surface area (Å²) in [5.41, 5.74) is 0.477. The monoisotopic (exact) mass is 229 g/mol. The molecule has 3 aliphatic rings. The van der Waals surface area contributed by atoms with Crippen LogP contribution in [0.15, 0.2) is 36.5 Å². The maximum Gasteiger partial charge on any atom is -0.00133 e. The molecule has 1 fully saturated rings. The van der Waals surface area contributed by atoms with Crippen LogP contribution in [-0.2, 0) is 0 Å². The summed E-state index contributed by atoms with van der Waals surface area (Å²) < 4.78 is 0. The molecule has 0 saturated carbocycles. The third-order valence-corrected chi connectivity index (χ3v) is 4.88. The number of piperidine rings is 1. The van der Waals surface area contributed by atoms with Crippen molar-refractivity contribution in [2.24, 2.45) is 17.3 Å². The first kappa shape index (κ1) is 11.3. The Hall–Kier alpha value is -0.820. The molecule has 0 amide bonds. The van der Waals surface area contributed by atoms with Gasteiger partial charge in [-0.1, -0.05) is 36.5 Å². The number of rotatable bonds is 0. The number of hydrogen-bond donors (Lipinski definition) is 0. The molecule has 1 heteroatoms. The van der Waals surface area contributed by atoms with E-state index in [9.17, 15) is 0 Å². The molecule has 17 heavy (non-hydrogen) atoms. The summed E-state index contributed by atoms with van der Waals surface area (Å²) in [5.74, 6) is 1.46. The van der Waals surface area contributed by atoms with Crippen molar-refractivity contribution in [3.63, 3.8) is 0 Å². The van der Waals surface area contributed by atoms with Crippen molar-refractivity contribution in [2.75, 3.05) is 20.1 Å². The van der Waals surface area contributed by atoms with Crippen LogP contribution in [0.1, 0.15) is 25.7 Å². The molecule has 1 saturated heterocycles. The predicted octanol–water partition coefficient (Wildman–Crippen LogP) is 3.41. The normalized spacial score (nSPS) is 39.6. The summed E-state index contributed by atoms with van der Waals surface area (Å²) >= 11 is 0. The Morgan fingerprint density at radius 3 is 2.65 bits per heavy atom. The van der Waals surface area contributed by atoms with Gasteiger partial charge in [-0.3, -0.25) is 0 Å². The minimum absolute atomic E-state index is 0.477. The third kappa shape index (κ3) is 2.13. The summed E-state index contributed by atoms with van der Waals surface area (Å²) in [4.78, 5) is 2.47. The minimum atomic E-state index is 0.477. The molecule has 0 aromatic carbocycles. The third-order valence-electron chi connectivity index (χ3n) is 4.88. The number of allylic oxidation sites excluding steroid dienone is 6. The standard InChI is InChI=1S/C16H23N/c1-17-11-9-16(10-12-17)8-7-14-5-3-2-4-6-15(16)13-14/h3-8,14-15H,2,9-13H2,1H3/b5-3-,6-4-. The molecule has 0 aromatic rings. The van der Waals surface area contributed by atoms with Gasteiger partial charge in [-0.05, 0) is 63.1 Å². The van der Waals surface area contributed by atoms with E-state index in [0.717, 1.165) is 12.3 Å². The molecule has 2 atom stereocenters. The van der Waals surface area contributed by atoms with Crippen molar-refractivity contribution in [1.29, 1.82) is 0 Å². The fourth-order valence-electron chi connectivity index (χ4n) is 3.61. The first-order valence-corrected chi connectivity index (χ1v) is 7.00. The highest BCUT2D eigenvalue weighted by Gasteiger charge is 2.40. The Bertz CT molecular complexity index is 356. The Kier molecular flexibility index (Phi) is 2.96. The van der Waals surface area contributed by atoms with Crippen LogP contribution < -0.4 is 0 Å². The van der Waals surface area contributed by atoms with Gasteiger partial charge in [0.1, 0.15) is 0 Å². The largest absolute Gasteiger partial charge is 0.306 e. The lowest BCUT2D eigenvalue weighted by atomic mass is 9.62. The Morgan fingerprint density at radius 1 is 1.06 bits per heavy atom. The predicted molar refractivity (Wildman–Crippen MR) is 72.8 cm³/mol. The first-order chi connectivity index (χ1) is 8.28. The van der Waals surface area contributed by atoms with Crippen LogP contribution in [0.2, 0.25) is 0 Å². The molecule has 0 radical (unpaired) electrons. The lowest BCUT2D eigenvalue weighted by Gasteiger charge is -2.46. The van der Waals surface area contributed by atoms with Crippen LogP contribution in [0.4, 0.5) is 0 Å². The van der Waals surface area contributed by atoms with Crippen LogP contribution >= 0.6 is 0 Å². The Labute approximate surface area is 105 Å². The molecule has 3 rings (SSSR count). The minimum Gasteiger partial charge on any atom is -0.306 e. The summed E-state index contributed by atoms with van der Waals surface area (Å²) in [6, 6.07) is 0. The number of likely N-dealkylation sites (tertiary alicyclic amines) is 1. The lowest BCUT2D eigenvalue weighted by molar-refractivity contribution is 0.110. The van der Waals surface area contributed by atoms with Gasteiger partial charge in [0.2, 0.25) is 0 Å². The molecule has 1 nitrogen and oxygen atoms in total. The van der Waals surface area contributed by atoms with Gasteiger partial charge in [0.15, 0.2) is 0 Å². The van der Waals surface area contributed by atoms with E-state index >= 15 is 0 Å². The summed E-state index contributed by atoms with van der Waals surface area (Å²) in [6.07, 6.45) is 19.7. The summed E-state index contributed by atoms with van der Waals surface area (Å²) in [5, 5.41) is 0. The van der Waals surface area contributed by atoms with E-state index in [0.29, 0.717) is 11.3 Å². The average molecular weight is 229 g/mol. The van der Waals surface area contributed by atoms with E-state index in [1.165, 1.54) is 32.4 Å². The van der Waals surface area contributed by atoms with Crippen molar-refractivity contribution in [2.45, 2.75) is 25.7 Å². The SMILES string of the molecule is CN1CCC2(C=CC3/C=C\C/C=C\C2C3)CC1. The van der Waals surface area contributed by atoms with Crippen LogP contribution in [-0.4, -0.2) is 25.0 Å². The molecule has 1 aliphatic heterocycles. The van der Waals surface area contributed by atoms with Crippen LogP contribution in [0.3, 0.4) is 0 Å². The highest BCUT2D eigenvalue weighted by molar-refractivity contribution is 5.20. The summed E-state index contributed by atoms with van der Waals surface area (Å²) in [7, 11) is 2.25. The topological polar surface area (TPSA) is 3.24 Å². The van der Waals surface area contributed by atoms with Crippen LogP contribution in [0, 0.1) is 17.3 Å². The molecule has 92 valence electrons. The van der Waals surface area contributed by atoms with Gasteiger partial charge in [0, 0.05) is 0 Å². The van der Waals surface area contributed by atoms with Crippen molar-refractivity contribution < 1.29 is 0 Å². The Balaban J connectivity index is 1.87. The fraction of sp³-hybridized carbons (Fsp3) is 0.625. The van der Waals surface area contributed by atoms with Gasteiger partial charge < -0.3 is 4.90 Å². The molecular weight excluding hydrogens is 206 g/mol. The second-order valence-corrected chi connectivity index (χ2v) is 5.99. The van der Waals surface area contributed by atoms with Gasteiger partial charge in [-0.25, -0.2) is 0 Å². The zero-order valence-electron chi connectivity index (χ0n) is 10.8. The fourth-order valence-corrected chi connectivity index (χ4v) is 3.61. The molecule has 0 aromatic heterocycles. The lowest BCUT2D eigenvalue weighted by Crippen LogP contribution is -2.42. The van der Waals surface area contributed by atoms with E-state index in [4.69, 9.17) is 0 Å². The molecule has 2 aliphatic carbocycles. The van der Waals surface area contributed by atoms with E-state index < -0.39 is 0 Å². The second kappa shape index (κ2) is 4.45. The van der Waals surface area contributed by atoms with E-state index in [-0.39, 0.29) is 0 Å². The van der Waals surface area contributed by atoms with Gasteiger partial charge in [-0.2, -0.15) is 0 Å². The van der Waals surface area contributed by atoms with Crippen LogP contribution in [0.5, 0.6) is 0 Å². The van der Waals surface area contributed by atoms with Gasteiger partial charge in [0.05, 0.1) is 0 Å². The highest BCUT2D eigenvalue weighted by atomic mass is 15.1. The molecule has 2 unspecified atom stereocenters. The molecule has 0 N–H and O–H groups in total. The second-order valence-electron chi connectivity index (χ2n) is 5.99. The molecular formula is C16H23N. The van der Waals surface area contributed by atoms with Gasteiger partial charge in [-0.15, -0.1) is 0 Å². The average Bonchev–Trinajstić information content (AvgIpc) is 2.32. The van der Waals surface area contributed by atoms with Crippen molar-refractivity contribution in [3.05, 3.63) is 36.5 Å². The summed E-state index contributed by atoms with van der Waals surface area (Å²) in [6.45, 7) is 2.52. The maximum atomic E-state index is 2.55. The van der Waals surface area contributed by atoms with Crippen molar-refractivity contribution in [1.82, 2.24) is 4.90 Å². The molecule has 1 heterocycles. The highest BCUT2D eigenvalue weighted by Crippen LogP contribution is 2.47. The van der Waals surface area contributed by atoms with E-state index in [2.05, 4.69) is 48.4 Å². The maximum absolute atomic E-state index is 2.55. The molecule has 2 bridgehead atoms. The Morgan fingerprint density at radius 2 is 1.82 bits per heavy atom. The first-order valence-electron chi connectivity index (χ1n) is 7.00. The van der Waals surface area contributed by atoms with Crippen molar-refractivity contribution >= 4 is 0 Å². The molecule has 1 spiro atoms. The quantitative estimate of drug-likeness (QED) is 0.575. The zero-order valence-corrected chi connectivity index (χ0v) is 10.8. The zero-order chi connectivity index (χ0) is 11.7. The number of nitrogens with zero attached hydrogens (tertiary/aromatic N) is 1. The van der Waals surface area contributed by atoms with E-state index in [1.807, 2.05) is 0 Å². The van der Waals surface area contributed by atoms with Gasteiger partial charge >= 0.3 is 0 Å². The number of hydrogen-bond acceptors (Lipinski definition) is 1. The smallest absolute Gasteiger partial charge is 0.00133 e. The van der Waals surface area contributed by atoms with Gasteiger partial charge in [0.25, 0.3) is 0 Å². The van der Waals surface area contributed by atoms with Crippen molar-refractivity contribution in [3.8, 4) is 0 Å².